The number of ether oxygens (including phenoxy) is 2. The van der Waals surface area contributed by atoms with Crippen LogP contribution in [-0.2, 0) is 16.1 Å². The van der Waals surface area contributed by atoms with Crippen LogP contribution < -0.4 is 19.7 Å². The van der Waals surface area contributed by atoms with E-state index in [1.54, 1.807) is 36.4 Å². The third-order valence-corrected chi connectivity index (χ3v) is 6.67. The molecule has 2 amide bonds. The van der Waals surface area contributed by atoms with Crippen molar-refractivity contribution in [3.05, 3.63) is 78.1 Å². The smallest absolute Gasteiger partial charge is 0.249 e. The number of carbonyl (C=O) groups is 2. The Morgan fingerprint density at radius 1 is 1.05 bits per heavy atom. The lowest BCUT2D eigenvalue weighted by Gasteiger charge is -2.35. The first-order valence-electron chi connectivity index (χ1n) is 12.6. The molecular weight excluding hydrogens is 501 g/mol. The lowest BCUT2D eigenvalue weighted by atomic mass is 9.97. The molecule has 1 aromatic heterocycles. The van der Waals surface area contributed by atoms with Gasteiger partial charge < -0.3 is 14.8 Å². The number of hydrogen-bond donors (Lipinski definition) is 1. The van der Waals surface area contributed by atoms with Crippen molar-refractivity contribution in [2.24, 2.45) is 0 Å². The van der Waals surface area contributed by atoms with Crippen LogP contribution in [0.2, 0.25) is 0 Å². The van der Waals surface area contributed by atoms with Crippen molar-refractivity contribution in [1.82, 2.24) is 20.3 Å². The molecule has 3 aromatic carbocycles. The van der Waals surface area contributed by atoms with Gasteiger partial charge in [-0.15, -0.1) is 5.10 Å². The number of amides is 2. The molecule has 204 valence electrons. The predicted octanol–water partition coefficient (Wildman–Crippen LogP) is 4.67. The standard InChI is InChI=1S/C29H32FN5O4/c1-6-29(2,3)31-28(37)27(20-16-15-19(38-4)17-25(20)39-5)35(23-13-9-7-11-21(23)30)26(36)18-34-24-14-10-8-12-22(24)32-33-34/h7-17,27H,6,18H2,1-5H3,(H,31,37)/t27-/m0/s1. The number of benzene rings is 3. The van der Waals surface area contributed by atoms with Gasteiger partial charge in [0.15, 0.2) is 0 Å². The first-order valence-corrected chi connectivity index (χ1v) is 12.6. The third kappa shape index (κ3) is 5.84. The molecule has 0 aliphatic carbocycles. The molecule has 0 aliphatic heterocycles. The number of halogens is 1. The summed E-state index contributed by atoms with van der Waals surface area (Å²) in [5, 5.41) is 11.3. The quantitative estimate of drug-likeness (QED) is 0.318. The van der Waals surface area contributed by atoms with E-state index >= 15 is 4.39 Å². The maximum atomic E-state index is 15.4. The van der Waals surface area contributed by atoms with Crippen LogP contribution in [0.4, 0.5) is 10.1 Å². The predicted molar refractivity (Wildman–Crippen MR) is 146 cm³/mol. The highest BCUT2D eigenvalue weighted by Crippen LogP contribution is 2.37. The maximum absolute atomic E-state index is 15.4. The average Bonchev–Trinajstić information content (AvgIpc) is 3.34. The molecule has 39 heavy (non-hydrogen) atoms. The molecule has 0 radical (unpaired) electrons. The minimum absolute atomic E-state index is 0.0563. The van der Waals surface area contributed by atoms with E-state index in [4.69, 9.17) is 9.47 Å². The van der Waals surface area contributed by atoms with Crippen molar-refractivity contribution in [3.63, 3.8) is 0 Å². The van der Waals surface area contributed by atoms with E-state index in [1.165, 1.54) is 37.1 Å². The minimum atomic E-state index is -1.28. The van der Waals surface area contributed by atoms with Crippen LogP contribution in [0.5, 0.6) is 11.5 Å². The van der Waals surface area contributed by atoms with Gasteiger partial charge in [-0.1, -0.05) is 36.4 Å². The number of nitrogens with one attached hydrogen (secondary N) is 1. The van der Waals surface area contributed by atoms with Gasteiger partial charge in [0.2, 0.25) is 11.8 Å². The Labute approximate surface area is 226 Å². The van der Waals surface area contributed by atoms with E-state index in [0.717, 1.165) is 4.90 Å². The Morgan fingerprint density at radius 2 is 1.77 bits per heavy atom. The van der Waals surface area contributed by atoms with Gasteiger partial charge in [0.25, 0.3) is 0 Å². The van der Waals surface area contributed by atoms with Crippen LogP contribution in [0, 0.1) is 5.82 Å². The fourth-order valence-electron chi connectivity index (χ4n) is 4.24. The van der Waals surface area contributed by atoms with Gasteiger partial charge in [-0.25, -0.2) is 9.07 Å². The highest BCUT2D eigenvalue weighted by Gasteiger charge is 2.38. The summed E-state index contributed by atoms with van der Waals surface area (Å²) in [7, 11) is 2.97. The van der Waals surface area contributed by atoms with Crippen LogP contribution in [-0.4, -0.2) is 46.6 Å². The Bertz CT molecular complexity index is 1490. The zero-order chi connectivity index (χ0) is 28.2. The van der Waals surface area contributed by atoms with Crippen LogP contribution in [0.15, 0.2) is 66.7 Å². The number of hydrogen-bond acceptors (Lipinski definition) is 6. The first kappa shape index (κ1) is 27.6. The van der Waals surface area contributed by atoms with Crippen LogP contribution in [0.1, 0.15) is 38.8 Å². The lowest BCUT2D eigenvalue weighted by molar-refractivity contribution is -0.128. The van der Waals surface area contributed by atoms with Crippen molar-refractivity contribution >= 4 is 28.5 Å². The fourth-order valence-corrected chi connectivity index (χ4v) is 4.24. The molecule has 1 heterocycles. The summed E-state index contributed by atoms with van der Waals surface area (Å²) in [6, 6.07) is 16.7. The molecule has 0 spiro atoms. The molecule has 1 atom stereocenters. The molecule has 0 unspecified atom stereocenters. The number of rotatable bonds is 10. The Hall–Kier alpha value is -4.47. The minimum Gasteiger partial charge on any atom is -0.497 e. The molecular formula is C29H32FN5O4. The summed E-state index contributed by atoms with van der Waals surface area (Å²) in [4.78, 5) is 29.3. The molecule has 0 saturated heterocycles. The summed E-state index contributed by atoms with van der Waals surface area (Å²) in [6.45, 7) is 5.42. The summed E-state index contributed by atoms with van der Waals surface area (Å²) < 4.78 is 27.7. The summed E-state index contributed by atoms with van der Waals surface area (Å²) >= 11 is 0. The molecule has 0 aliphatic rings. The highest BCUT2D eigenvalue weighted by atomic mass is 19.1. The summed E-state index contributed by atoms with van der Waals surface area (Å²) in [6.07, 6.45) is 0.629. The second-order valence-electron chi connectivity index (χ2n) is 9.69. The van der Waals surface area contributed by atoms with Gasteiger partial charge in [0.1, 0.15) is 35.4 Å². The second-order valence-corrected chi connectivity index (χ2v) is 9.69. The summed E-state index contributed by atoms with van der Waals surface area (Å²) in [5.74, 6) is -0.909. The number of para-hydroxylation sites is 2. The average molecular weight is 534 g/mol. The number of methoxy groups -OCH3 is 2. The number of aromatic nitrogens is 3. The van der Waals surface area contributed by atoms with Gasteiger partial charge in [-0.2, -0.15) is 0 Å². The van der Waals surface area contributed by atoms with Crippen LogP contribution in [0.25, 0.3) is 11.0 Å². The van der Waals surface area contributed by atoms with Crippen molar-refractivity contribution in [2.75, 3.05) is 19.1 Å². The SMILES string of the molecule is CCC(C)(C)NC(=O)[C@H](c1ccc(OC)cc1OC)N(C(=O)Cn1nnc2ccccc21)c1ccccc1F. The number of carbonyl (C=O) groups excluding carboxylic acids is 2. The van der Waals surface area contributed by atoms with Crippen molar-refractivity contribution in [2.45, 2.75) is 45.3 Å². The Morgan fingerprint density at radius 3 is 2.46 bits per heavy atom. The van der Waals surface area contributed by atoms with Gasteiger partial charge in [0, 0.05) is 17.2 Å². The van der Waals surface area contributed by atoms with Gasteiger partial charge in [-0.3, -0.25) is 14.5 Å². The maximum Gasteiger partial charge on any atom is 0.249 e. The van der Waals surface area contributed by atoms with E-state index < -0.39 is 29.2 Å². The van der Waals surface area contributed by atoms with Gasteiger partial charge >= 0.3 is 0 Å². The molecule has 0 bridgehead atoms. The number of nitrogens with zero attached hydrogens (tertiary/aromatic N) is 4. The molecule has 0 saturated carbocycles. The first-order chi connectivity index (χ1) is 18.7. The summed E-state index contributed by atoms with van der Waals surface area (Å²) in [5.41, 5.74) is 0.955. The highest BCUT2D eigenvalue weighted by molar-refractivity contribution is 6.02. The van der Waals surface area contributed by atoms with Crippen molar-refractivity contribution in [3.8, 4) is 11.5 Å². The normalized spacial score (nSPS) is 12.2. The molecule has 9 nitrogen and oxygen atoms in total. The van der Waals surface area contributed by atoms with Crippen LogP contribution >= 0.6 is 0 Å². The monoisotopic (exact) mass is 533 g/mol. The Kier molecular flexibility index (Phi) is 8.13. The van der Waals surface area contributed by atoms with E-state index in [2.05, 4.69) is 15.6 Å². The lowest BCUT2D eigenvalue weighted by Crippen LogP contribution is -2.51. The topological polar surface area (TPSA) is 98.6 Å². The molecule has 1 N–H and O–H groups in total. The zero-order valence-corrected chi connectivity index (χ0v) is 22.6. The fraction of sp³-hybridized carbons (Fsp3) is 0.310. The third-order valence-electron chi connectivity index (χ3n) is 6.67. The van der Waals surface area contributed by atoms with Crippen LogP contribution in [0.3, 0.4) is 0 Å². The van der Waals surface area contributed by atoms with Gasteiger partial charge in [-0.05, 0) is 56.7 Å². The van der Waals surface area contributed by atoms with Gasteiger partial charge in [0.05, 0.1) is 25.4 Å². The van der Waals surface area contributed by atoms with E-state index in [0.29, 0.717) is 34.5 Å². The second kappa shape index (κ2) is 11.5. The number of fused-ring (bicyclic) bond motifs is 1. The van der Waals surface area contributed by atoms with E-state index in [9.17, 15) is 9.59 Å². The zero-order valence-electron chi connectivity index (χ0n) is 22.6. The van der Waals surface area contributed by atoms with E-state index in [1.807, 2.05) is 32.9 Å². The molecule has 4 rings (SSSR count). The van der Waals surface area contributed by atoms with Crippen molar-refractivity contribution in [1.29, 1.82) is 0 Å². The molecule has 0 fully saturated rings. The Balaban J connectivity index is 1.89. The number of anilines is 1. The largest absolute Gasteiger partial charge is 0.497 e. The van der Waals surface area contributed by atoms with E-state index in [-0.39, 0.29) is 12.2 Å². The molecule has 4 aromatic rings. The molecule has 10 heteroatoms. The van der Waals surface area contributed by atoms with Crippen molar-refractivity contribution < 1.29 is 23.5 Å².